The lowest BCUT2D eigenvalue weighted by molar-refractivity contribution is 0.0345. The van der Waals surface area contributed by atoms with Crippen molar-refractivity contribution in [2.45, 2.75) is 51.3 Å². The summed E-state index contributed by atoms with van der Waals surface area (Å²) in [4.78, 5) is 26.1. The van der Waals surface area contributed by atoms with E-state index >= 15 is 0 Å². The molecule has 1 saturated heterocycles. The van der Waals surface area contributed by atoms with Gasteiger partial charge in [0.25, 0.3) is 5.91 Å². The molecule has 0 radical (unpaired) electrons. The lowest BCUT2D eigenvalue weighted by Crippen LogP contribution is -2.53. The summed E-state index contributed by atoms with van der Waals surface area (Å²) in [5.74, 6) is 0.862. The average molecular weight is 357 g/mol. The molecule has 2 atom stereocenters. The molecule has 0 unspecified atom stereocenters. The molecule has 3 rings (SSSR count). The summed E-state index contributed by atoms with van der Waals surface area (Å²) in [6.07, 6.45) is 8.46. The molecule has 2 aromatic heterocycles. The first-order chi connectivity index (χ1) is 12.7. The molecule has 3 N–H and O–H groups in total. The normalized spacial score (nSPS) is 20.8. The van der Waals surface area contributed by atoms with E-state index in [0.717, 1.165) is 50.3 Å². The number of hydrogen-bond donors (Lipinski definition) is 3. The zero-order valence-electron chi connectivity index (χ0n) is 15.2. The van der Waals surface area contributed by atoms with Crippen LogP contribution in [0.15, 0.2) is 30.7 Å². The van der Waals surface area contributed by atoms with Crippen molar-refractivity contribution in [2.75, 3.05) is 13.1 Å². The van der Waals surface area contributed by atoms with Crippen molar-refractivity contribution in [2.24, 2.45) is 0 Å². The van der Waals surface area contributed by atoms with Gasteiger partial charge in [-0.25, -0.2) is 4.98 Å². The van der Waals surface area contributed by atoms with Gasteiger partial charge in [0.1, 0.15) is 5.82 Å². The Morgan fingerprint density at radius 3 is 2.96 bits per heavy atom. The Labute approximate surface area is 153 Å². The minimum atomic E-state index is -0.586. The minimum Gasteiger partial charge on any atom is -0.390 e. The largest absolute Gasteiger partial charge is 0.390 e. The van der Waals surface area contributed by atoms with Gasteiger partial charge in [0.05, 0.1) is 12.1 Å². The van der Waals surface area contributed by atoms with E-state index in [1.807, 2.05) is 6.20 Å². The molecule has 0 aliphatic carbocycles. The van der Waals surface area contributed by atoms with Crippen molar-refractivity contribution in [1.29, 1.82) is 0 Å². The van der Waals surface area contributed by atoms with E-state index in [0.29, 0.717) is 12.1 Å². The maximum atomic E-state index is 12.2. The quantitative estimate of drug-likeness (QED) is 0.698. The van der Waals surface area contributed by atoms with Gasteiger partial charge in [-0.2, -0.15) is 0 Å². The molecule has 7 heteroatoms. The predicted octanol–water partition coefficient (Wildman–Crippen LogP) is 1.51. The summed E-state index contributed by atoms with van der Waals surface area (Å²) in [6.45, 7) is 4.26. The van der Waals surface area contributed by atoms with Crippen molar-refractivity contribution < 1.29 is 9.90 Å². The number of β-amino-alcohol motifs (C(OH)–C–C–N with tert-alkyl or cyclic N) is 1. The number of nitrogens with zero attached hydrogens (tertiary/aromatic N) is 3. The highest BCUT2D eigenvalue weighted by Gasteiger charge is 2.29. The lowest BCUT2D eigenvalue weighted by Gasteiger charge is -2.36. The highest BCUT2D eigenvalue weighted by Crippen LogP contribution is 2.15. The number of hydrogen-bond acceptors (Lipinski definition) is 5. The number of pyridine rings is 1. The number of amides is 1. The van der Waals surface area contributed by atoms with E-state index in [1.54, 1.807) is 24.5 Å². The van der Waals surface area contributed by atoms with Gasteiger partial charge in [0.2, 0.25) is 0 Å². The van der Waals surface area contributed by atoms with Crippen LogP contribution in [0.25, 0.3) is 0 Å². The maximum Gasteiger partial charge on any atom is 0.251 e. The van der Waals surface area contributed by atoms with E-state index < -0.39 is 6.10 Å². The number of aliphatic hydroxyl groups is 1. The van der Waals surface area contributed by atoms with E-state index in [9.17, 15) is 9.90 Å². The van der Waals surface area contributed by atoms with Crippen molar-refractivity contribution in [1.82, 2.24) is 25.2 Å². The molecular weight excluding hydrogens is 330 g/mol. The van der Waals surface area contributed by atoms with Crippen LogP contribution in [0.2, 0.25) is 0 Å². The Kier molecular flexibility index (Phi) is 6.35. The number of carbonyl (C=O) groups excluding carboxylic acids is 1. The number of aryl methyl sites for hydroxylation is 1. The van der Waals surface area contributed by atoms with Crippen LogP contribution in [0.3, 0.4) is 0 Å². The fraction of sp³-hybridized carbons (Fsp3) is 0.526. The lowest BCUT2D eigenvalue weighted by atomic mass is 10.0. The average Bonchev–Trinajstić information content (AvgIpc) is 3.10. The number of nitrogens with one attached hydrogen (secondary N) is 2. The molecular formula is C19H27N5O2. The third-order valence-electron chi connectivity index (χ3n) is 4.77. The minimum absolute atomic E-state index is 0.168. The third-order valence-corrected chi connectivity index (χ3v) is 4.77. The maximum absolute atomic E-state index is 12.2. The Balaban J connectivity index is 1.49. The van der Waals surface area contributed by atoms with Crippen LogP contribution in [0.5, 0.6) is 0 Å². The highest BCUT2D eigenvalue weighted by molar-refractivity contribution is 5.94. The van der Waals surface area contributed by atoms with Gasteiger partial charge in [-0.05, 0) is 25.0 Å². The topological polar surface area (TPSA) is 94.1 Å². The SMILES string of the molecule is CCCCc1ncc(CN2CC[C@@H](NC(=O)c3ccncc3)[C@H](O)C2)[nH]1. The Morgan fingerprint density at radius 2 is 2.23 bits per heavy atom. The first-order valence-corrected chi connectivity index (χ1v) is 9.29. The third kappa shape index (κ3) is 4.89. The van der Waals surface area contributed by atoms with Gasteiger partial charge in [-0.3, -0.25) is 14.7 Å². The van der Waals surface area contributed by atoms with Gasteiger partial charge < -0.3 is 15.4 Å². The Morgan fingerprint density at radius 1 is 1.42 bits per heavy atom. The Bertz CT molecular complexity index is 703. The number of carbonyl (C=O) groups is 1. The second kappa shape index (κ2) is 8.91. The molecule has 0 saturated carbocycles. The van der Waals surface area contributed by atoms with E-state index in [2.05, 4.69) is 32.1 Å². The number of aromatic nitrogens is 3. The molecule has 1 fully saturated rings. The summed E-state index contributed by atoms with van der Waals surface area (Å²) < 4.78 is 0. The van der Waals surface area contributed by atoms with Gasteiger partial charge in [-0.15, -0.1) is 0 Å². The van der Waals surface area contributed by atoms with Crippen molar-refractivity contribution >= 4 is 5.91 Å². The molecule has 1 aliphatic heterocycles. The van der Waals surface area contributed by atoms with Crippen molar-refractivity contribution in [3.05, 3.63) is 47.8 Å². The molecule has 0 aromatic carbocycles. The second-order valence-corrected chi connectivity index (χ2v) is 6.87. The smallest absolute Gasteiger partial charge is 0.251 e. The van der Waals surface area contributed by atoms with Crippen LogP contribution in [-0.2, 0) is 13.0 Å². The summed E-state index contributed by atoms with van der Waals surface area (Å²) >= 11 is 0. The van der Waals surface area contributed by atoms with Crippen LogP contribution >= 0.6 is 0 Å². The first-order valence-electron chi connectivity index (χ1n) is 9.29. The number of likely N-dealkylation sites (tertiary alicyclic amines) is 1. The van der Waals surface area contributed by atoms with Crippen LogP contribution in [0.4, 0.5) is 0 Å². The number of imidazole rings is 1. The monoisotopic (exact) mass is 357 g/mol. The molecule has 1 amide bonds. The molecule has 1 aliphatic rings. The summed E-state index contributed by atoms with van der Waals surface area (Å²) in [5.41, 5.74) is 1.63. The molecule has 2 aromatic rings. The molecule has 140 valence electrons. The standard InChI is InChI=1S/C19H27N5O2/c1-2-3-4-18-21-11-15(22-18)12-24-10-7-16(17(25)13-24)23-19(26)14-5-8-20-9-6-14/h5-6,8-9,11,16-17,25H,2-4,7,10,12-13H2,1H3,(H,21,22)(H,23,26)/t16-,17-/m1/s1. The molecule has 3 heterocycles. The molecule has 26 heavy (non-hydrogen) atoms. The summed E-state index contributed by atoms with van der Waals surface area (Å²) in [5, 5.41) is 13.4. The predicted molar refractivity (Wildman–Crippen MR) is 98.6 cm³/mol. The summed E-state index contributed by atoms with van der Waals surface area (Å²) in [7, 11) is 0. The van der Waals surface area contributed by atoms with Gasteiger partial charge in [-0.1, -0.05) is 13.3 Å². The van der Waals surface area contributed by atoms with Crippen LogP contribution < -0.4 is 5.32 Å². The molecule has 7 nitrogen and oxygen atoms in total. The number of H-pyrrole nitrogens is 1. The first kappa shape index (κ1) is 18.5. The number of unbranched alkanes of at least 4 members (excludes halogenated alkanes) is 1. The molecule has 0 spiro atoms. The molecule has 0 bridgehead atoms. The number of piperidine rings is 1. The van der Waals surface area contributed by atoms with E-state index in [1.165, 1.54) is 0 Å². The highest BCUT2D eigenvalue weighted by atomic mass is 16.3. The van der Waals surface area contributed by atoms with Crippen molar-refractivity contribution in [3.63, 3.8) is 0 Å². The second-order valence-electron chi connectivity index (χ2n) is 6.87. The fourth-order valence-electron chi connectivity index (χ4n) is 3.26. The zero-order valence-corrected chi connectivity index (χ0v) is 15.2. The van der Waals surface area contributed by atoms with Gasteiger partial charge >= 0.3 is 0 Å². The van der Waals surface area contributed by atoms with E-state index in [-0.39, 0.29) is 11.9 Å². The zero-order chi connectivity index (χ0) is 18.4. The number of aliphatic hydroxyl groups excluding tert-OH is 1. The number of rotatable bonds is 7. The van der Waals surface area contributed by atoms with E-state index in [4.69, 9.17) is 0 Å². The van der Waals surface area contributed by atoms with Crippen molar-refractivity contribution in [3.8, 4) is 0 Å². The van der Waals surface area contributed by atoms with Crippen LogP contribution in [0.1, 0.15) is 48.1 Å². The fourth-order valence-corrected chi connectivity index (χ4v) is 3.26. The van der Waals surface area contributed by atoms with Crippen LogP contribution in [0, 0.1) is 0 Å². The summed E-state index contributed by atoms with van der Waals surface area (Å²) in [6, 6.07) is 3.12. The van der Waals surface area contributed by atoms with Crippen LogP contribution in [-0.4, -0.2) is 56.1 Å². The van der Waals surface area contributed by atoms with Gasteiger partial charge in [0.15, 0.2) is 0 Å². The number of aromatic amines is 1. The van der Waals surface area contributed by atoms with Gasteiger partial charge in [0, 0.05) is 55.9 Å². The Hall–Kier alpha value is -2.25.